The van der Waals surface area contributed by atoms with E-state index in [4.69, 9.17) is 20.9 Å². The number of rotatable bonds is 6. The Hall–Kier alpha value is -2.87. The van der Waals surface area contributed by atoms with E-state index in [1.807, 2.05) is 0 Å². The van der Waals surface area contributed by atoms with Gasteiger partial charge in [0.2, 0.25) is 0 Å². The van der Waals surface area contributed by atoms with E-state index in [1.54, 1.807) is 19.3 Å². The van der Waals surface area contributed by atoms with Gasteiger partial charge in [-0.25, -0.2) is 9.37 Å². The molecular weight excluding hydrogens is 351 g/mol. The lowest BCUT2D eigenvalue weighted by Gasteiger charge is -2.09. The van der Waals surface area contributed by atoms with Crippen molar-refractivity contribution < 1.29 is 18.4 Å². The summed E-state index contributed by atoms with van der Waals surface area (Å²) in [4.78, 5) is 19.1. The second kappa shape index (κ2) is 7.35. The summed E-state index contributed by atoms with van der Waals surface area (Å²) in [6.07, 6.45) is 3.27. The molecule has 1 aromatic carbocycles. The summed E-state index contributed by atoms with van der Waals surface area (Å²) in [5.41, 5.74) is 0.113. The molecule has 0 unspecified atom stereocenters. The second-order valence-electron chi connectivity index (χ2n) is 5.21. The van der Waals surface area contributed by atoms with Gasteiger partial charge in [-0.3, -0.25) is 4.79 Å². The number of carbonyl (C=O) groups is 1. The molecule has 2 aromatic heterocycles. The molecule has 7 nitrogen and oxygen atoms in total. The van der Waals surface area contributed by atoms with Gasteiger partial charge in [0, 0.05) is 18.5 Å². The fourth-order valence-electron chi connectivity index (χ4n) is 2.08. The third kappa shape index (κ3) is 4.16. The summed E-state index contributed by atoms with van der Waals surface area (Å²) in [5.74, 6) is 0.403. The Kier molecular flexibility index (Phi) is 4.99. The number of H-pyrrole nitrogens is 1. The van der Waals surface area contributed by atoms with Crippen LogP contribution in [0.3, 0.4) is 0 Å². The maximum absolute atomic E-state index is 13.0. The van der Waals surface area contributed by atoms with Crippen molar-refractivity contribution in [2.45, 2.75) is 19.6 Å². The van der Waals surface area contributed by atoms with E-state index < -0.39 is 11.7 Å². The molecule has 2 heterocycles. The first-order chi connectivity index (χ1) is 12.0. The predicted molar refractivity (Wildman–Crippen MR) is 86.7 cm³/mol. The van der Waals surface area contributed by atoms with Gasteiger partial charge in [-0.1, -0.05) is 16.8 Å². The van der Waals surface area contributed by atoms with Crippen LogP contribution in [0, 0.1) is 5.82 Å². The van der Waals surface area contributed by atoms with E-state index >= 15 is 0 Å². The van der Waals surface area contributed by atoms with Crippen LogP contribution in [0.2, 0.25) is 5.02 Å². The molecular formula is C16H14ClFN4O3. The molecule has 3 rings (SSSR count). The van der Waals surface area contributed by atoms with E-state index in [1.165, 1.54) is 18.2 Å². The molecule has 2 N–H and O–H groups in total. The van der Waals surface area contributed by atoms with Gasteiger partial charge < -0.3 is 19.6 Å². The first-order valence-electron chi connectivity index (χ1n) is 7.36. The highest BCUT2D eigenvalue weighted by atomic mass is 35.5. The molecule has 25 heavy (non-hydrogen) atoms. The second-order valence-corrected chi connectivity index (χ2v) is 5.62. The highest BCUT2D eigenvalue weighted by Gasteiger charge is 2.17. The van der Waals surface area contributed by atoms with Crippen molar-refractivity contribution in [2.24, 2.45) is 0 Å². The Morgan fingerprint density at radius 3 is 3.04 bits per heavy atom. The molecule has 0 fully saturated rings. The average molecular weight is 365 g/mol. The summed E-state index contributed by atoms with van der Waals surface area (Å²) < 4.78 is 23.5. The molecule has 0 aliphatic rings. The van der Waals surface area contributed by atoms with Crippen molar-refractivity contribution in [3.05, 3.63) is 64.8 Å². The van der Waals surface area contributed by atoms with Crippen molar-refractivity contribution in [1.29, 1.82) is 0 Å². The molecule has 1 atom stereocenters. The van der Waals surface area contributed by atoms with Crippen LogP contribution in [0.25, 0.3) is 0 Å². The van der Waals surface area contributed by atoms with E-state index in [-0.39, 0.29) is 23.4 Å². The fraction of sp³-hybridized carbons (Fsp3) is 0.188. The smallest absolute Gasteiger partial charge is 0.274 e. The minimum absolute atomic E-state index is 0.000625. The predicted octanol–water partition coefficient (Wildman–Crippen LogP) is 3.26. The molecule has 0 saturated carbocycles. The van der Waals surface area contributed by atoms with E-state index in [0.29, 0.717) is 17.3 Å². The third-order valence-corrected chi connectivity index (χ3v) is 3.63. The van der Waals surface area contributed by atoms with Crippen molar-refractivity contribution in [3.63, 3.8) is 0 Å². The molecule has 3 aromatic rings. The summed E-state index contributed by atoms with van der Waals surface area (Å²) in [5, 5.41) is 6.59. The van der Waals surface area contributed by atoms with Gasteiger partial charge in [0.1, 0.15) is 24.0 Å². The van der Waals surface area contributed by atoms with Crippen LogP contribution in [-0.2, 0) is 6.61 Å². The average Bonchev–Trinajstić information content (AvgIpc) is 3.26. The van der Waals surface area contributed by atoms with Crippen molar-refractivity contribution in [2.75, 3.05) is 0 Å². The van der Waals surface area contributed by atoms with Crippen molar-refractivity contribution >= 4 is 17.5 Å². The highest BCUT2D eigenvalue weighted by molar-refractivity contribution is 6.32. The molecule has 0 spiro atoms. The quantitative estimate of drug-likeness (QED) is 0.700. The fourth-order valence-corrected chi connectivity index (χ4v) is 2.30. The summed E-state index contributed by atoms with van der Waals surface area (Å²) in [6, 6.07) is 4.94. The zero-order chi connectivity index (χ0) is 17.8. The monoisotopic (exact) mass is 364 g/mol. The number of amides is 1. The first-order valence-corrected chi connectivity index (χ1v) is 7.74. The van der Waals surface area contributed by atoms with Gasteiger partial charge in [0.25, 0.3) is 5.91 Å². The number of nitrogens with one attached hydrogen (secondary N) is 2. The van der Waals surface area contributed by atoms with Crippen LogP contribution in [0.5, 0.6) is 5.75 Å². The Balaban J connectivity index is 1.59. The van der Waals surface area contributed by atoms with Crippen LogP contribution in [0.4, 0.5) is 4.39 Å². The number of halogens is 2. The number of hydrogen-bond donors (Lipinski definition) is 2. The van der Waals surface area contributed by atoms with E-state index in [9.17, 15) is 9.18 Å². The lowest BCUT2D eigenvalue weighted by atomic mass is 10.3. The molecule has 9 heteroatoms. The normalized spacial score (nSPS) is 12.0. The molecule has 0 saturated heterocycles. The minimum atomic E-state index is -0.457. The molecule has 0 aliphatic heterocycles. The Bertz CT molecular complexity index is 866. The maximum Gasteiger partial charge on any atom is 0.274 e. The minimum Gasteiger partial charge on any atom is -0.484 e. The largest absolute Gasteiger partial charge is 0.484 e. The number of aromatic amines is 1. The van der Waals surface area contributed by atoms with Gasteiger partial charge in [-0.05, 0) is 25.1 Å². The summed E-state index contributed by atoms with van der Waals surface area (Å²) >= 11 is 5.87. The van der Waals surface area contributed by atoms with E-state index in [2.05, 4.69) is 20.4 Å². The summed E-state index contributed by atoms with van der Waals surface area (Å²) in [6.45, 7) is 1.79. The number of hydrogen-bond acceptors (Lipinski definition) is 5. The number of aromatic nitrogens is 3. The molecule has 0 aliphatic carbocycles. The SMILES string of the molecule is C[C@H](NC(=O)c1cc(COc2ccc(F)cc2Cl)on1)c1ncc[nH]1. The van der Waals surface area contributed by atoms with Gasteiger partial charge >= 0.3 is 0 Å². The standard InChI is InChI=1S/C16H14ClFN4O3/c1-9(15-19-4-5-20-15)21-16(23)13-7-11(25-22-13)8-24-14-3-2-10(18)6-12(14)17/h2-7,9H,8H2,1H3,(H,19,20)(H,21,23)/t9-/m0/s1. The van der Waals surface area contributed by atoms with Gasteiger partial charge in [0.05, 0.1) is 11.1 Å². The topological polar surface area (TPSA) is 93.0 Å². The van der Waals surface area contributed by atoms with Crippen LogP contribution < -0.4 is 10.1 Å². The molecule has 0 bridgehead atoms. The Morgan fingerprint density at radius 1 is 1.48 bits per heavy atom. The van der Waals surface area contributed by atoms with Crippen LogP contribution >= 0.6 is 11.6 Å². The van der Waals surface area contributed by atoms with E-state index in [0.717, 1.165) is 6.07 Å². The van der Waals surface area contributed by atoms with Crippen LogP contribution in [0.1, 0.15) is 35.0 Å². The molecule has 0 radical (unpaired) electrons. The molecule has 130 valence electrons. The zero-order valence-electron chi connectivity index (χ0n) is 13.1. The zero-order valence-corrected chi connectivity index (χ0v) is 13.9. The number of carbonyl (C=O) groups excluding carboxylic acids is 1. The lowest BCUT2D eigenvalue weighted by molar-refractivity contribution is 0.0929. The molecule has 1 amide bonds. The maximum atomic E-state index is 13.0. The highest BCUT2D eigenvalue weighted by Crippen LogP contribution is 2.25. The van der Waals surface area contributed by atoms with Crippen molar-refractivity contribution in [1.82, 2.24) is 20.4 Å². The van der Waals surface area contributed by atoms with Gasteiger partial charge in [-0.2, -0.15) is 0 Å². The Morgan fingerprint density at radius 2 is 2.32 bits per heavy atom. The summed E-state index contributed by atoms with van der Waals surface area (Å²) in [7, 11) is 0. The lowest BCUT2D eigenvalue weighted by Crippen LogP contribution is -2.27. The van der Waals surface area contributed by atoms with Crippen molar-refractivity contribution in [3.8, 4) is 5.75 Å². The number of nitrogens with zero attached hydrogens (tertiary/aromatic N) is 2. The Labute approximate surface area is 147 Å². The number of ether oxygens (including phenoxy) is 1. The first kappa shape index (κ1) is 17.0. The van der Waals surface area contributed by atoms with Gasteiger partial charge in [-0.15, -0.1) is 0 Å². The van der Waals surface area contributed by atoms with Crippen LogP contribution in [0.15, 0.2) is 41.2 Å². The third-order valence-electron chi connectivity index (χ3n) is 3.33. The van der Waals surface area contributed by atoms with Crippen LogP contribution in [-0.4, -0.2) is 21.0 Å². The number of benzene rings is 1. The van der Waals surface area contributed by atoms with Gasteiger partial charge in [0.15, 0.2) is 11.5 Å². The number of imidazole rings is 1.